The number of halogens is 2. The second kappa shape index (κ2) is 5.69. The molecule has 0 amide bonds. The molecule has 0 fully saturated rings. The van der Waals surface area contributed by atoms with Crippen molar-refractivity contribution in [2.45, 2.75) is 13.5 Å². The maximum Gasteiger partial charge on any atom is 0.0490 e. The molecule has 0 aromatic heterocycles. The monoisotopic (exact) mass is 353 g/mol. The van der Waals surface area contributed by atoms with Crippen molar-refractivity contribution >= 4 is 37.5 Å². The van der Waals surface area contributed by atoms with Gasteiger partial charge in [0, 0.05) is 21.2 Å². The van der Waals surface area contributed by atoms with E-state index in [1.54, 1.807) is 0 Å². The fourth-order valence-electron chi connectivity index (χ4n) is 1.58. The van der Waals surface area contributed by atoms with Crippen molar-refractivity contribution in [3.8, 4) is 0 Å². The third kappa shape index (κ3) is 3.33. The van der Waals surface area contributed by atoms with E-state index in [0.717, 1.165) is 21.2 Å². The van der Waals surface area contributed by atoms with Crippen LogP contribution in [0.5, 0.6) is 0 Å². The summed E-state index contributed by atoms with van der Waals surface area (Å²) >= 11 is 7.03. The average molecular weight is 355 g/mol. The van der Waals surface area contributed by atoms with E-state index in [-0.39, 0.29) is 0 Å². The summed E-state index contributed by atoms with van der Waals surface area (Å²) in [6.07, 6.45) is 0. The Labute approximate surface area is 119 Å². The summed E-state index contributed by atoms with van der Waals surface area (Å²) in [5.41, 5.74) is 3.64. The fraction of sp³-hybridized carbons (Fsp3) is 0.143. The molecule has 1 nitrogen and oxygen atoms in total. The van der Waals surface area contributed by atoms with E-state index in [2.05, 4.69) is 86.6 Å². The van der Waals surface area contributed by atoms with Gasteiger partial charge < -0.3 is 5.32 Å². The molecule has 0 radical (unpaired) electrons. The Morgan fingerprint density at radius 3 is 2.41 bits per heavy atom. The quantitative estimate of drug-likeness (QED) is 0.805. The number of aryl methyl sites for hydroxylation is 1. The first-order valence-corrected chi connectivity index (χ1v) is 6.99. The van der Waals surface area contributed by atoms with Crippen LogP contribution < -0.4 is 5.32 Å². The van der Waals surface area contributed by atoms with E-state index < -0.39 is 0 Å². The minimum atomic E-state index is 0.829. The summed E-state index contributed by atoms with van der Waals surface area (Å²) < 4.78 is 2.25. The zero-order valence-corrected chi connectivity index (χ0v) is 12.7. The van der Waals surface area contributed by atoms with Crippen LogP contribution >= 0.6 is 31.9 Å². The zero-order chi connectivity index (χ0) is 12.3. The van der Waals surface area contributed by atoms with Gasteiger partial charge in [0.05, 0.1) is 0 Å². The van der Waals surface area contributed by atoms with Crippen molar-refractivity contribution in [2.24, 2.45) is 0 Å². The topological polar surface area (TPSA) is 12.0 Å². The number of hydrogen-bond acceptors (Lipinski definition) is 1. The maximum absolute atomic E-state index is 3.60. The molecule has 0 spiro atoms. The van der Waals surface area contributed by atoms with Crippen LogP contribution in [0.1, 0.15) is 11.1 Å². The van der Waals surface area contributed by atoms with Gasteiger partial charge in [-0.15, -0.1) is 0 Å². The summed E-state index contributed by atoms with van der Waals surface area (Å²) in [6, 6.07) is 14.6. The lowest BCUT2D eigenvalue weighted by Crippen LogP contribution is -2.00. The van der Waals surface area contributed by atoms with Crippen molar-refractivity contribution < 1.29 is 0 Å². The van der Waals surface area contributed by atoms with Crippen molar-refractivity contribution in [2.75, 3.05) is 5.32 Å². The normalized spacial score (nSPS) is 10.3. The third-order valence-corrected chi connectivity index (χ3v) is 4.17. The van der Waals surface area contributed by atoms with Gasteiger partial charge in [0.1, 0.15) is 0 Å². The molecule has 88 valence electrons. The molecule has 0 aliphatic heterocycles. The second-order valence-electron chi connectivity index (χ2n) is 3.92. The Balaban J connectivity index is 2.07. The predicted molar refractivity (Wildman–Crippen MR) is 80.3 cm³/mol. The van der Waals surface area contributed by atoms with Gasteiger partial charge in [0.25, 0.3) is 0 Å². The van der Waals surface area contributed by atoms with E-state index in [0.29, 0.717) is 0 Å². The smallest absolute Gasteiger partial charge is 0.0490 e. The van der Waals surface area contributed by atoms with Gasteiger partial charge in [0.15, 0.2) is 0 Å². The van der Waals surface area contributed by atoms with Crippen LogP contribution in [-0.2, 0) is 6.54 Å². The molecular weight excluding hydrogens is 342 g/mol. The minimum absolute atomic E-state index is 0.829. The van der Waals surface area contributed by atoms with Crippen LogP contribution in [0.4, 0.5) is 5.69 Å². The summed E-state index contributed by atoms with van der Waals surface area (Å²) in [6.45, 7) is 2.92. The van der Waals surface area contributed by atoms with Crippen LogP contribution in [0, 0.1) is 6.92 Å². The SMILES string of the molecule is Cc1cccc(NCc2ccc(Br)cc2)c1Br. The summed E-state index contributed by atoms with van der Waals surface area (Å²) in [4.78, 5) is 0. The Hall–Kier alpha value is -0.800. The van der Waals surface area contributed by atoms with E-state index in [1.165, 1.54) is 11.1 Å². The summed E-state index contributed by atoms with van der Waals surface area (Å²) in [5.74, 6) is 0. The molecule has 0 aliphatic rings. The maximum atomic E-state index is 3.60. The van der Waals surface area contributed by atoms with Crippen molar-refractivity contribution in [3.63, 3.8) is 0 Å². The lowest BCUT2D eigenvalue weighted by Gasteiger charge is -2.10. The van der Waals surface area contributed by atoms with Crippen molar-refractivity contribution in [1.82, 2.24) is 0 Å². The van der Waals surface area contributed by atoms with Gasteiger partial charge in [-0.05, 0) is 52.2 Å². The van der Waals surface area contributed by atoms with Gasteiger partial charge in [-0.3, -0.25) is 0 Å². The Bertz CT molecular complexity index is 506. The Kier molecular flexibility index (Phi) is 4.24. The molecule has 0 bridgehead atoms. The number of anilines is 1. The average Bonchev–Trinajstić information content (AvgIpc) is 2.33. The van der Waals surface area contributed by atoms with E-state index in [9.17, 15) is 0 Å². The molecule has 2 aromatic carbocycles. The lowest BCUT2D eigenvalue weighted by atomic mass is 10.2. The molecule has 17 heavy (non-hydrogen) atoms. The van der Waals surface area contributed by atoms with Gasteiger partial charge in [0.2, 0.25) is 0 Å². The number of benzene rings is 2. The minimum Gasteiger partial charge on any atom is -0.380 e. The standard InChI is InChI=1S/C14H13Br2N/c1-10-3-2-4-13(14(10)16)17-9-11-5-7-12(15)8-6-11/h2-8,17H,9H2,1H3. The largest absolute Gasteiger partial charge is 0.380 e. The highest BCUT2D eigenvalue weighted by Gasteiger charge is 2.01. The molecule has 2 rings (SSSR count). The number of hydrogen-bond donors (Lipinski definition) is 1. The number of nitrogens with one attached hydrogen (secondary N) is 1. The zero-order valence-electron chi connectivity index (χ0n) is 9.50. The van der Waals surface area contributed by atoms with Crippen molar-refractivity contribution in [1.29, 1.82) is 0 Å². The molecule has 2 aromatic rings. The molecule has 0 atom stereocenters. The highest BCUT2D eigenvalue weighted by atomic mass is 79.9. The van der Waals surface area contributed by atoms with Crippen LogP contribution in [0.2, 0.25) is 0 Å². The van der Waals surface area contributed by atoms with Crippen LogP contribution in [-0.4, -0.2) is 0 Å². The van der Waals surface area contributed by atoms with Crippen LogP contribution in [0.3, 0.4) is 0 Å². The van der Waals surface area contributed by atoms with E-state index in [1.807, 2.05) is 0 Å². The van der Waals surface area contributed by atoms with Crippen LogP contribution in [0.15, 0.2) is 51.4 Å². The molecule has 0 aliphatic carbocycles. The Morgan fingerprint density at radius 1 is 1.00 bits per heavy atom. The van der Waals surface area contributed by atoms with Crippen molar-refractivity contribution in [3.05, 3.63) is 62.5 Å². The van der Waals surface area contributed by atoms with E-state index >= 15 is 0 Å². The first kappa shape index (κ1) is 12.7. The van der Waals surface area contributed by atoms with Gasteiger partial charge >= 0.3 is 0 Å². The predicted octanol–water partition coefficient (Wildman–Crippen LogP) is 5.13. The lowest BCUT2D eigenvalue weighted by molar-refractivity contribution is 1.14. The first-order chi connectivity index (χ1) is 8.16. The molecular formula is C14H13Br2N. The van der Waals surface area contributed by atoms with Gasteiger partial charge in [-0.2, -0.15) is 0 Å². The van der Waals surface area contributed by atoms with Crippen LogP contribution in [0.25, 0.3) is 0 Å². The first-order valence-electron chi connectivity index (χ1n) is 5.40. The summed E-state index contributed by atoms with van der Waals surface area (Å²) in [7, 11) is 0. The molecule has 0 heterocycles. The molecule has 0 unspecified atom stereocenters. The number of rotatable bonds is 3. The molecule has 0 saturated heterocycles. The second-order valence-corrected chi connectivity index (χ2v) is 5.63. The fourth-order valence-corrected chi connectivity index (χ4v) is 2.25. The highest BCUT2D eigenvalue weighted by molar-refractivity contribution is 9.11. The molecule has 0 saturated carbocycles. The molecule has 1 N–H and O–H groups in total. The molecule has 3 heteroatoms. The highest BCUT2D eigenvalue weighted by Crippen LogP contribution is 2.26. The van der Waals surface area contributed by atoms with Gasteiger partial charge in [-0.25, -0.2) is 0 Å². The summed E-state index contributed by atoms with van der Waals surface area (Å²) in [5, 5.41) is 3.43. The third-order valence-electron chi connectivity index (χ3n) is 2.59. The van der Waals surface area contributed by atoms with Gasteiger partial charge in [-0.1, -0.05) is 40.2 Å². The Morgan fingerprint density at radius 2 is 1.71 bits per heavy atom. The van der Waals surface area contributed by atoms with E-state index in [4.69, 9.17) is 0 Å².